The fourth-order valence-electron chi connectivity index (χ4n) is 1.15. The average molecular weight is 227 g/mol. The van der Waals surface area contributed by atoms with Crippen LogP contribution in [0.15, 0.2) is 12.4 Å². The summed E-state index contributed by atoms with van der Waals surface area (Å²) in [5, 5.41) is 13.9. The van der Waals surface area contributed by atoms with Crippen LogP contribution in [0.5, 0.6) is 0 Å². The first-order chi connectivity index (χ1) is 7.36. The largest absolute Gasteiger partial charge is 0.463 e. The summed E-state index contributed by atoms with van der Waals surface area (Å²) < 4.78 is 1.69. The molecule has 0 aromatic carbocycles. The number of hydroxylamine groups is 1. The summed E-state index contributed by atoms with van der Waals surface area (Å²) in [7, 11) is 0. The zero-order valence-electron chi connectivity index (χ0n) is 9.97. The normalized spacial score (nSPS) is 11.5. The van der Waals surface area contributed by atoms with Gasteiger partial charge >= 0.3 is 6.09 Å². The van der Waals surface area contributed by atoms with Crippen LogP contribution in [-0.4, -0.2) is 27.6 Å². The van der Waals surface area contributed by atoms with Gasteiger partial charge in [-0.1, -0.05) is 0 Å². The molecule has 1 aromatic heterocycles. The molecule has 0 aliphatic rings. The van der Waals surface area contributed by atoms with E-state index in [1.54, 1.807) is 17.8 Å². The van der Waals surface area contributed by atoms with Crippen molar-refractivity contribution >= 4 is 11.8 Å². The summed E-state index contributed by atoms with van der Waals surface area (Å²) in [6.45, 7) is 7.96. The molecule has 0 atom stereocenters. The number of aromatic nitrogens is 2. The van der Waals surface area contributed by atoms with Gasteiger partial charge in [0.2, 0.25) is 0 Å². The standard InChI is InChI=1S/C10H17N3O3/c1-5-16-13(9(14)15)8-6-11-12(7-8)10(2,3)4/h6-7H,5H2,1-4H3,(H,14,15). The first kappa shape index (κ1) is 12.5. The Bertz CT molecular complexity index is 368. The van der Waals surface area contributed by atoms with Gasteiger partial charge < -0.3 is 5.11 Å². The molecule has 6 nitrogen and oxygen atoms in total. The fraction of sp³-hybridized carbons (Fsp3) is 0.600. The molecule has 0 bridgehead atoms. The second-order valence-electron chi connectivity index (χ2n) is 4.31. The highest BCUT2D eigenvalue weighted by Gasteiger charge is 2.20. The minimum absolute atomic E-state index is 0.186. The van der Waals surface area contributed by atoms with Crippen LogP contribution in [0.3, 0.4) is 0 Å². The highest BCUT2D eigenvalue weighted by atomic mass is 16.7. The van der Waals surface area contributed by atoms with Gasteiger partial charge in [0.1, 0.15) is 5.69 Å². The topological polar surface area (TPSA) is 67.6 Å². The van der Waals surface area contributed by atoms with Crippen molar-refractivity contribution in [1.82, 2.24) is 9.78 Å². The molecule has 6 heteroatoms. The third-order valence-electron chi connectivity index (χ3n) is 1.92. The van der Waals surface area contributed by atoms with E-state index < -0.39 is 6.09 Å². The van der Waals surface area contributed by atoms with Crippen molar-refractivity contribution < 1.29 is 14.7 Å². The number of hydrogen-bond acceptors (Lipinski definition) is 3. The van der Waals surface area contributed by atoms with E-state index in [9.17, 15) is 4.79 Å². The lowest BCUT2D eigenvalue weighted by atomic mass is 10.1. The minimum atomic E-state index is -1.16. The number of nitrogens with zero attached hydrogens (tertiary/aromatic N) is 3. The summed E-state index contributed by atoms with van der Waals surface area (Å²) in [6.07, 6.45) is 1.95. The summed E-state index contributed by atoms with van der Waals surface area (Å²) in [5.74, 6) is 0. The Hall–Kier alpha value is -1.56. The van der Waals surface area contributed by atoms with E-state index >= 15 is 0 Å². The highest BCUT2D eigenvalue weighted by molar-refractivity contribution is 5.83. The zero-order valence-corrected chi connectivity index (χ0v) is 9.97. The van der Waals surface area contributed by atoms with Gasteiger partial charge in [-0.25, -0.2) is 4.79 Å². The van der Waals surface area contributed by atoms with E-state index in [2.05, 4.69) is 5.10 Å². The number of carboxylic acid groups (broad SMARTS) is 1. The van der Waals surface area contributed by atoms with Crippen LogP contribution >= 0.6 is 0 Å². The average Bonchev–Trinajstić information content (AvgIpc) is 2.61. The summed E-state index contributed by atoms with van der Waals surface area (Å²) in [4.78, 5) is 15.9. The molecule has 0 aliphatic carbocycles. The first-order valence-corrected chi connectivity index (χ1v) is 5.07. The van der Waals surface area contributed by atoms with Crippen LogP contribution < -0.4 is 5.06 Å². The molecule has 0 radical (unpaired) electrons. The van der Waals surface area contributed by atoms with Crippen molar-refractivity contribution in [2.75, 3.05) is 11.7 Å². The second kappa shape index (κ2) is 4.52. The van der Waals surface area contributed by atoms with Crippen LogP contribution in [0.4, 0.5) is 10.5 Å². The Morgan fingerprint density at radius 3 is 2.62 bits per heavy atom. The quantitative estimate of drug-likeness (QED) is 0.803. The highest BCUT2D eigenvalue weighted by Crippen LogP contribution is 2.19. The molecule has 0 saturated carbocycles. The van der Waals surface area contributed by atoms with E-state index in [1.165, 1.54) is 6.20 Å². The molecule has 0 saturated heterocycles. The lowest BCUT2D eigenvalue weighted by Crippen LogP contribution is -2.29. The lowest BCUT2D eigenvalue weighted by molar-refractivity contribution is 0.103. The Morgan fingerprint density at radius 2 is 2.25 bits per heavy atom. The molecule has 0 unspecified atom stereocenters. The molecule has 0 fully saturated rings. The second-order valence-corrected chi connectivity index (χ2v) is 4.31. The number of amides is 1. The first-order valence-electron chi connectivity index (χ1n) is 5.07. The third kappa shape index (κ3) is 2.73. The van der Waals surface area contributed by atoms with Gasteiger partial charge in [0, 0.05) is 0 Å². The van der Waals surface area contributed by atoms with Crippen LogP contribution in [-0.2, 0) is 10.4 Å². The smallest absolute Gasteiger partial charge is 0.436 e. The molecule has 0 aliphatic heterocycles. The Kier molecular flexibility index (Phi) is 3.54. The van der Waals surface area contributed by atoms with E-state index in [-0.39, 0.29) is 12.1 Å². The van der Waals surface area contributed by atoms with Crippen LogP contribution in [0, 0.1) is 0 Å². The van der Waals surface area contributed by atoms with Gasteiger partial charge in [0.05, 0.1) is 24.5 Å². The van der Waals surface area contributed by atoms with Crippen molar-refractivity contribution in [3.63, 3.8) is 0 Å². The van der Waals surface area contributed by atoms with E-state index in [0.29, 0.717) is 5.69 Å². The molecule has 1 rings (SSSR count). The molecule has 16 heavy (non-hydrogen) atoms. The fourth-order valence-corrected chi connectivity index (χ4v) is 1.15. The molecule has 1 amide bonds. The Balaban J connectivity index is 2.95. The summed E-state index contributed by atoms with van der Waals surface area (Å²) in [6, 6.07) is 0. The lowest BCUT2D eigenvalue weighted by Gasteiger charge is -2.19. The molecule has 1 aromatic rings. The molecular formula is C10H17N3O3. The number of rotatable bonds is 3. The van der Waals surface area contributed by atoms with E-state index in [1.807, 2.05) is 20.8 Å². The number of carbonyl (C=O) groups is 1. The van der Waals surface area contributed by atoms with Crippen LogP contribution in [0.2, 0.25) is 0 Å². The van der Waals surface area contributed by atoms with Crippen LogP contribution in [0.1, 0.15) is 27.7 Å². The van der Waals surface area contributed by atoms with E-state index in [4.69, 9.17) is 9.94 Å². The monoisotopic (exact) mass is 227 g/mol. The van der Waals surface area contributed by atoms with Gasteiger partial charge in [-0.05, 0) is 27.7 Å². The molecule has 0 spiro atoms. The maximum Gasteiger partial charge on any atom is 0.436 e. The van der Waals surface area contributed by atoms with Crippen molar-refractivity contribution in [1.29, 1.82) is 0 Å². The van der Waals surface area contributed by atoms with Gasteiger partial charge in [0.15, 0.2) is 0 Å². The minimum Gasteiger partial charge on any atom is -0.463 e. The summed E-state index contributed by atoms with van der Waals surface area (Å²) >= 11 is 0. The van der Waals surface area contributed by atoms with Crippen molar-refractivity contribution in [3.8, 4) is 0 Å². The maximum absolute atomic E-state index is 10.9. The van der Waals surface area contributed by atoms with Gasteiger partial charge in [0.25, 0.3) is 0 Å². The van der Waals surface area contributed by atoms with Gasteiger partial charge in [-0.2, -0.15) is 10.2 Å². The molecule has 90 valence electrons. The predicted octanol–water partition coefficient (Wildman–Crippen LogP) is 2.07. The Morgan fingerprint density at radius 1 is 1.62 bits per heavy atom. The van der Waals surface area contributed by atoms with Crippen molar-refractivity contribution in [2.45, 2.75) is 33.2 Å². The summed E-state index contributed by atoms with van der Waals surface area (Å²) in [5.41, 5.74) is 0.221. The Labute approximate surface area is 94.4 Å². The third-order valence-corrected chi connectivity index (χ3v) is 1.92. The zero-order chi connectivity index (χ0) is 12.3. The van der Waals surface area contributed by atoms with Crippen molar-refractivity contribution in [2.24, 2.45) is 0 Å². The number of hydrogen-bond donors (Lipinski definition) is 1. The number of anilines is 1. The van der Waals surface area contributed by atoms with Crippen LogP contribution in [0.25, 0.3) is 0 Å². The molecule has 1 heterocycles. The molecule has 1 N–H and O–H groups in total. The predicted molar refractivity (Wildman–Crippen MR) is 59.4 cm³/mol. The SMILES string of the molecule is CCON(C(=O)O)c1cnn(C(C)(C)C)c1. The van der Waals surface area contributed by atoms with Gasteiger partial charge in [-0.15, -0.1) is 0 Å². The maximum atomic E-state index is 10.9. The van der Waals surface area contributed by atoms with Gasteiger partial charge in [-0.3, -0.25) is 9.52 Å². The van der Waals surface area contributed by atoms with Crippen molar-refractivity contribution in [3.05, 3.63) is 12.4 Å². The molecular weight excluding hydrogens is 210 g/mol. The van der Waals surface area contributed by atoms with E-state index in [0.717, 1.165) is 5.06 Å².